The predicted octanol–water partition coefficient (Wildman–Crippen LogP) is 3.36. The number of hydrogen-bond acceptors (Lipinski definition) is 4. The third-order valence-corrected chi connectivity index (χ3v) is 4.41. The fourth-order valence-electron chi connectivity index (χ4n) is 3.30. The lowest BCUT2D eigenvalue weighted by Crippen LogP contribution is -2.46. The minimum atomic E-state index is -0.0416. The fourth-order valence-corrected chi connectivity index (χ4v) is 3.30. The summed E-state index contributed by atoms with van der Waals surface area (Å²) in [6, 6.07) is 5.35. The number of piperidine rings is 1. The summed E-state index contributed by atoms with van der Waals surface area (Å²) >= 11 is 0. The molecule has 0 saturated carbocycles. The van der Waals surface area contributed by atoms with Crippen LogP contribution in [0.2, 0.25) is 0 Å². The second kappa shape index (κ2) is 7.63. The van der Waals surface area contributed by atoms with E-state index in [1.54, 1.807) is 12.1 Å². The molecule has 4 heteroatoms. The number of carbonyl (C=O) groups is 1. The molecule has 1 aliphatic rings. The second-order valence-corrected chi connectivity index (χ2v) is 6.22. The Morgan fingerprint density at radius 2 is 2.23 bits per heavy atom. The van der Waals surface area contributed by atoms with Gasteiger partial charge in [-0.05, 0) is 56.8 Å². The summed E-state index contributed by atoms with van der Waals surface area (Å²) < 4.78 is 5.44. The number of anilines is 1. The molecule has 2 unspecified atom stereocenters. The van der Waals surface area contributed by atoms with E-state index in [1.807, 2.05) is 13.0 Å². The Balaban J connectivity index is 2.15. The van der Waals surface area contributed by atoms with Crippen LogP contribution in [0.15, 0.2) is 18.2 Å². The van der Waals surface area contributed by atoms with Crippen LogP contribution in [0.3, 0.4) is 0 Å². The average Bonchev–Trinajstić information content (AvgIpc) is 2.50. The molecule has 1 heterocycles. The molecule has 22 heavy (non-hydrogen) atoms. The van der Waals surface area contributed by atoms with Gasteiger partial charge in [-0.1, -0.05) is 13.8 Å². The number of nitrogen functional groups attached to an aromatic ring is 1. The van der Waals surface area contributed by atoms with E-state index in [-0.39, 0.29) is 11.8 Å². The van der Waals surface area contributed by atoms with Crippen molar-refractivity contribution in [1.29, 1.82) is 0 Å². The minimum Gasteiger partial charge on any atom is -0.492 e. The van der Waals surface area contributed by atoms with Crippen LogP contribution in [-0.2, 0) is 0 Å². The van der Waals surface area contributed by atoms with Crippen molar-refractivity contribution in [2.24, 2.45) is 5.92 Å². The molecule has 0 bridgehead atoms. The van der Waals surface area contributed by atoms with E-state index >= 15 is 0 Å². The van der Waals surface area contributed by atoms with Crippen molar-refractivity contribution in [1.82, 2.24) is 4.90 Å². The molecule has 1 aromatic rings. The molecular formula is C18H28N2O2. The Bertz CT molecular complexity index is 516. The van der Waals surface area contributed by atoms with Crippen molar-refractivity contribution in [2.45, 2.75) is 46.1 Å². The van der Waals surface area contributed by atoms with E-state index in [1.165, 1.54) is 12.8 Å². The third-order valence-electron chi connectivity index (χ3n) is 4.41. The van der Waals surface area contributed by atoms with Crippen molar-refractivity contribution in [3.63, 3.8) is 0 Å². The van der Waals surface area contributed by atoms with Gasteiger partial charge in [0, 0.05) is 12.1 Å². The lowest BCUT2D eigenvalue weighted by Gasteiger charge is -2.36. The summed E-state index contributed by atoms with van der Waals surface area (Å²) in [6.45, 7) is 8.86. The summed E-state index contributed by atoms with van der Waals surface area (Å²) in [7, 11) is 0. The van der Waals surface area contributed by atoms with E-state index in [4.69, 9.17) is 10.5 Å². The monoisotopic (exact) mass is 304 g/mol. The molecule has 122 valence electrons. The van der Waals surface area contributed by atoms with E-state index < -0.39 is 0 Å². The van der Waals surface area contributed by atoms with Crippen molar-refractivity contribution in [3.8, 4) is 5.75 Å². The molecule has 0 spiro atoms. The number of nitrogens with zero attached hydrogens (tertiary/aromatic N) is 1. The van der Waals surface area contributed by atoms with Crippen LogP contribution in [-0.4, -0.2) is 36.4 Å². The fraction of sp³-hybridized carbons (Fsp3) is 0.611. The van der Waals surface area contributed by atoms with Crippen molar-refractivity contribution in [3.05, 3.63) is 23.8 Å². The van der Waals surface area contributed by atoms with E-state index in [2.05, 4.69) is 18.7 Å². The van der Waals surface area contributed by atoms with Crippen molar-refractivity contribution in [2.75, 3.05) is 25.4 Å². The maximum absolute atomic E-state index is 12.9. The molecule has 1 aliphatic heterocycles. The first-order valence-electron chi connectivity index (χ1n) is 8.37. The molecule has 1 fully saturated rings. The van der Waals surface area contributed by atoms with Gasteiger partial charge >= 0.3 is 0 Å². The molecule has 0 radical (unpaired) electrons. The molecule has 0 amide bonds. The Hall–Kier alpha value is -1.55. The number of likely N-dealkylation sites (tertiary alicyclic amines) is 1. The molecule has 4 nitrogen and oxygen atoms in total. The van der Waals surface area contributed by atoms with Crippen molar-refractivity contribution < 1.29 is 9.53 Å². The quantitative estimate of drug-likeness (QED) is 0.647. The number of ether oxygens (including phenoxy) is 1. The Kier molecular flexibility index (Phi) is 5.83. The van der Waals surface area contributed by atoms with Gasteiger partial charge in [-0.25, -0.2) is 0 Å². The highest BCUT2D eigenvalue weighted by molar-refractivity contribution is 6.01. The van der Waals surface area contributed by atoms with Crippen LogP contribution in [0.4, 0.5) is 5.69 Å². The number of benzene rings is 1. The summed E-state index contributed by atoms with van der Waals surface area (Å²) in [5, 5.41) is 0. The number of carbonyl (C=O) groups excluding carboxylic acids is 1. The van der Waals surface area contributed by atoms with Crippen LogP contribution in [0, 0.1) is 5.92 Å². The van der Waals surface area contributed by atoms with Gasteiger partial charge in [-0.3, -0.25) is 9.69 Å². The average molecular weight is 304 g/mol. The Morgan fingerprint density at radius 1 is 1.45 bits per heavy atom. The first-order valence-corrected chi connectivity index (χ1v) is 8.37. The largest absolute Gasteiger partial charge is 0.492 e. The Labute approximate surface area is 133 Å². The van der Waals surface area contributed by atoms with Crippen LogP contribution < -0.4 is 10.5 Å². The summed E-state index contributed by atoms with van der Waals surface area (Å²) in [4.78, 5) is 15.2. The maximum Gasteiger partial charge on any atom is 0.180 e. The molecule has 1 aromatic carbocycles. The summed E-state index contributed by atoms with van der Waals surface area (Å²) in [6.07, 6.45) is 3.27. The minimum absolute atomic E-state index is 0.0416. The van der Waals surface area contributed by atoms with Crippen LogP contribution in [0.5, 0.6) is 5.75 Å². The number of hydrogen-bond donors (Lipinski definition) is 1. The summed E-state index contributed by atoms with van der Waals surface area (Å²) in [5.41, 5.74) is 7.22. The number of Topliss-reactive ketones (excluding diaryl/α,β-unsaturated/α-hetero) is 1. The molecule has 0 aromatic heterocycles. The van der Waals surface area contributed by atoms with E-state index in [0.29, 0.717) is 29.5 Å². The molecular weight excluding hydrogens is 276 g/mol. The lowest BCUT2D eigenvalue weighted by atomic mass is 9.94. The van der Waals surface area contributed by atoms with Gasteiger partial charge in [-0.2, -0.15) is 0 Å². The van der Waals surface area contributed by atoms with Gasteiger partial charge in [0.05, 0.1) is 18.3 Å². The zero-order valence-electron chi connectivity index (χ0n) is 14.0. The predicted molar refractivity (Wildman–Crippen MR) is 90.4 cm³/mol. The standard InChI is InChI=1S/C18H28N2O2/c1-4-16(20-10-6-7-13(3)12-20)18(21)14-8-9-17(22-5-2)15(19)11-14/h8-9,11,13,16H,4-7,10,12,19H2,1-3H3. The smallest absolute Gasteiger partial charge is 0.180 e. The third kappa shape index (κ3) is 3.80. The van der Waals surface area contributed by atoms with Gasteiger partial charge in [-0.15, -0.1) is 0 Å². The highest BCUT2D eigenvalue weighted by Gasteiger charge is 2.28. The first kappa shape index (κ1) is 16.8. The highest BCUT2D eigenvalue weighted by Crippen LogP contribution is 2.26. The number of nitrogens with two attached hydrogens (primary N) is 1. The molecule has 1 saturated heterocycles. The summed E-state index contributed by atoms with van der Waals surface area (Å²) in [5.74, 6) is 1.49. The van der Waals surface area contributed by atoms with Crippen LogP contribution in [0.1, 0.15) is 50.4 Å². The number of rotatable bonds is 6. The number of ketones is 1. The molecule has 0 aliphatic carbocycles. The van der Waals surface area contributed by atoms with Gasteiger partial charge in [0.2, 0.25) is 0 Å². The van der Waals surface area contributed by atoms with E-state index in [0.717, 1.165) is 19.5 Å². The van der Waals surface area contributed by atoms with Crippen molar-refractivity contribution >= 4 is 11.5 Å². The zero-order valence-corrected chi connectivity index (χ0v) is 14.0. The topological polar surface area (TPSA) is 55.6 Å². The van der Waals surface area contributed by atoms with Gasteiger partial charge in [0.15, 0.2) is 5.78 Å². The van der Waals surface area contributed by atoms with Crippen LogP contribution >= 0.6 is 0 Å². The van der Waals surface area contributed by atoms with Gasteiger partial charge in [0.25, 0.3) is 0 Å². The van der Waals surface area contributed by atoms with Gasteiger partial charge in [0.1, 0.15) is 5.75 Å². The highest BCUT2D eigenvalue weighted by atomic mass is 16.5. The normalized spacial score (nSPS) is 20.6. The molecule has 2 rings (SSSR count). The molecule has 2 atom stereocenters. The maximum atomic E-state index is 12.9. The van der Waals surface area contributed by atoms with E-state index in [9.17, 15) is 4.79 Å². The lowest BCUT2D eigenvalue weighted by molar-refractivity contribution is 0.0727. The van der Waals surface area contributed by atoms with Crippen LogP contribution in [0.25, 0.3) is 0 Å². The Morgan fingerprint density at radius 3 is 2.82 bits per heavy atom. The van der Waals surface area contributed by atoms with Gasteiger partial charge < -0.3 is 10.5 Å². The first-order chi connectivity index (χ1) is 10.6. The molecule has 2 N–H and O–H groups in total. The SMILES string of the molecule is CCOc1ccc(C(=O)C(CC)N2CCCC(C)C2)cc1N. The second-order valence-electron chi connectivity index (χ2n) is 6.22. The zero-order chi connectivity index (χ0) is 16.1.